The van der Waals surface area contributed by atoms with E-state index in [1.165, 1.54) is 22.3 Å². The molecule has 0 amide bonds. The summed E-state index contributed by atoms with van der Waals surface area (Å²) in [6, 6.07) is 16.9. The van der Waals surface area contributed by atoms with Crippen molar-refractivity contribution in [3.05, 3.63) is 59.7 Å². The van der Waals surface area contributed by atoms with E-state index < -0.39 is 0 Å². The fourth-order valence-corrected chi connectivity index (χ4v) is 3.02. The summed E-state index contributed by atoms with van der Waals surface area (Å²) in [6.45, 7) is 7.23. The molecule has 0 fully saturated rings. The number of hydrogen-bond donors (Lipinski definition) is 1. The van der Waals surface area contributed by atoms with E-state index in [9.17, 15) is 0 Å². The first kappa shape index (κ1) is 18.0. The van der Waals surface area contributed by atoms with Crippen molar-refractivity contribution in [3.8, 4) is 11.1 Å². The van der Waals surface area contributed by atoms with Crippen molar-refractivity contribution in [2.24, 2.45) is 5.16 Å². The van der Waals surface area contributed by atoms with Crippen molar-refractivity contribution < 1.29 is 9.57 Å². The first-order valence-corrected chi connectivity index (χ1v) is 8.84. The second-order valence-corrected chi connectivity index (χ2v) is 6.74. The summed E-state index contributed by atoms with van der Waals surface area (Å²) in [6.07, 6.45) is -0.251. The molecule has 0 aliphatic carbocycles. The average Bonchev–Trinajstić information content (AvgIpc) is 2.78. The predicted octanol–water partition coefficient (Wildman–Crippen LogP) is 4.42. The van der Waals surface area contributed by atoms with Crippen molar-refractivity contribution in [2.75, 3.05) is 6.61 Å². The van der Waals surface area contributed by atoms with E-state index in [2.05, 4.69) is 41.6 Å². The van der Waals surface area contributed by atoms with Gasteiger partial charge in [-0.05, 0) is 43.0 Å². The van der Waals surface area contributed by atoms with E-state index in [0.29, 0.717) is 19.7 Å². The van der Waals surface area contributed by atoms with Crippen LogP contribution in [0.3, 0.4) is 0 Å². The van der Waals surface area contributed by atoms with Crippen molar-refractivity contribution in [1.29, 1.82) is 5.41 Å². The molecule has 2 aromatic rings. The Morgan fingerprint density at radius 2 is 1.58 bits per heavy atom. The van der Waals surface area contributed by atoms with Gasteiger partial charge in [-0.25, -0.2) is 0 Å². The molecule has 0 saturated heterocycles. The van der Waals surface area contributed by atoms with Crippen molar-refractivity contribution in [3.63, 3.8) is 0 Å². The van der Waals surface area contributed by atoms with Gasteiger partial charge >= 0.3 is 0 Å². The maximum atomic E-state index is 8.43. The Balaban J connectivity index is 1.75. The summed E-state index contributed by atoms with van der Waals surface area (Å²) < 4.78 is 5.77. The van der Waals surface area contributed by atoms with Gasteiger partial charge in [0, 0.05) is 13.1 Å². The van der Waals surface area contributed by atoms with Gasteiger partial charge in [-0.15, -0.1) is 0 Å². The second-order valence-electron chi connectivity index (χ2n) is 6.74. The molecule has 0 aromatic heterocycles. The predicted molar refractivity (Wildman–Crippen MR) is 104 cm³/mol. The highest BCUT2D eigenvalue weighted by molar-refractivity contribution is 5.78. The quantitative estimate of drug-likeness (QED) is 0.504. The van der Waals surface area contributed by atoms with E-state index in [0.717, 1.165) is 5.71 Å². The van der Waals surface area contributed by atoms with Crippen LogP contribution in [-0.2, 0) is 22.7 Å². The normalized spacial score (nSPS) is 13.7. The number of nitrogens with zero attached hydrogens (tertiary/aromatic N) is 2. The Labute approximate surface area is 154 Å². The van der Waals surface area contributed by atoms with Crippen LogP contribution >= 0.6 is 0 Å². The van der Waals surface area contributed by atoms with Crippen LogP contribution in [0.15, 0.2) is 53.7 Å². The zero-order chi connectivity index (χ0) is 18.5. The highest BCUT2D eigenvalue weighted by atomic mass is 16.6. The van der Waals surface area contributed by atoms with Gasteiger partial charge < -0.3 is 14.5 Å². The van der Waals surface area contributed by atoms with Crippen LogP contribution in [0, 0.1) is 5.41 Å². The summed E-state index contributed by atoms with van der Waals surface area (Å²) in [5, 5.41) is 12.3. The number of amidine groups is 1. The second kappa shape index (κ2) is 8.04. The van der Waals surface area contributed by atoms with Crippen molar-refractivity contribution in [2.45, 2.75) is 40.0 Å². The number of ether oxygens (including phenoxy) is 1. The number of benzene rings is 2. The lowest BCUT2D eigenvalue weighted by molar-refractivity contribution is 0.0441. The highest BCUT2D eigenvalue weighted by Crippen LogP contribution is 2.32. The third-order valence-electron chi connectivity index (χ3n) is 4.20. The first-order chi connectivity index (χ1) is 12.5. The Bertz CT molecular complexity index is 765. The lowest BCUT2D eigenvalue weighted by Gasteiger charge is -2.25. The minimum atomic E-state index is -0.251. The molecule has 2 aromatic carbocycles. The molecule has 5 heteroatoms. The SMILES string of the molecule is CC(C)=NOCC(C)OC(=N)N1Cc2ccccc2-c2ccccc2C1. The van der Waals surface area contributed by atoms with Crippen LogP contribution in [0.1, 0.15) is 31.9 Å². The summed E-state index contributed by atoms with van der Waals surface area (Å²) in [5.41, 5.74) is 5.69. The molecule has 136 valence electrons. The van der Waals surface area contributed by atoms with Crippen LogP contribution in [0.25, 0.3) is 11.1 Å². The molecule has 1 heterocycles. The summed E-state index contributed by atoms with van der Waals surface area (Å²) in [4.78, 5) is 7.18. The highest BCUT2D eigenvalue weighted by Gasteiger charge is 2.22. The van der Waals surface area contributed by atoms with E-state index in [4.69, 9.17) is 15.0 Å². The molecule has 1 atom stereocenters. The van der Waals surface area contributed by atoms with Crippen LogP contribution in [0.2, 0.25) is 0 Å². The first-order valence-electron chi connectivity index (χ1n) is 8.84. The minimum absolute atomic E-state index is 0.157. The zero-order valence-electron chi connectivity index (χ0n) is 15.5. The van der Waals surface area contributed by atoms with Crippen molar-refractivity contribution >= 4 is 11.7 Å². The molecule has 0 radical (unpaired) electrons. The average molecular weight is 351 g/mol. The lowest BCUT2D eigenvalue weighted by Crippen LogP contribution is -2.34. The molecule has 26 heavy (non-hydrogen) atoms. The molecule has 0 bridgehead atoms. The van der Waals surface area contributed by atoms with Gasteiger partial charge in [-0.1, -0.05) is 53.7 Å². The number of hydrogen-bond acceptors (Lipinski definition) is 4. The molecule has 0 spiro atoms. The van der Waals surface area contributed by atoms with Gasteiger partial charge in [0.2, 0.25) is 0 Å². The van der Waals surface area contributed by atoms with Gasteiger partial charge in [0.15, 0.2) is 6.61 Å². The number of rotatable bonds is 4. The third-order valence-corrected chi connectivity index (χ3v) is 4.20. The van der Waals surface area contributed by atoms with Crippen LogP contribution < -0.4 is 0 Å². The molecule has 1 N–H and O–H groups in total. The molecule has 0 saturated carbocycles. The fraction of sp³-hybridized carbons (Fsp3) is 0.333. The Morgan fingerprint density at radius 1 is 1.04 bits per heavy atom. The monoisotopic (exact) mass is 351 g/mol. The topological polar surface area (TPSA) is 57.9 Å². The van der Waals surface area contributed by atoms with E-state index in [1.54, 1.807) is 0 Å². The summed E-state index contributed by atoms with van der Waals surface area (Å²) in [5.74, 6) is 0. The standard InChI is InChI=1S/C21H25N3O2/c1-15(2)23-25-14-16(3)26-21(22)24-12-17-8-4-6-10-19(17)20-11-7-5-9-18(20)13-24/h4-11,16,22H,12-14H2,1-3H3. The summed E-state index contributed by atoms with van der Waals surface area (Å²) in [7, 11) is 0. The number of nitrogens with one attached hydrogen (secondary N) is 1. The van der Waals surface area contributed by atoms with E-state index >= 15 is 0 Å². The molecule has 1 aliphatic heterocycles. The number of oxime groups is 1. The summed E-state index contributed by atoms with van der Waals surface area (Å²) >= 11 is 0. The smallest absolute Gasteiger partial charge is 0.285 e. The molecule has 1 unspecified atom stereocenters. The van der Waals surface area contributed by atoms with Gasteiger partial charge in [0.25, 0.3) is 6.02 Å². The van der Waals surface area contributed by atoms with Crippen molar-refractivity contribution in [1.82, 2.24) is 4.90 Å². The third kappa shape index (κ3) is 4.23. The Hall–Kier alpha value is -2.82. The molecule has 3 rings (SSSR count). The minimum Gasteiger partial charge on any atom is -0.459 e. The van der Waals surface area contributed by atoms with Gasteiger partial charge in [-0.2, -0.15) is 0 Å². The molecule has 1 aliphatic rings. The molecular weight excluding hydrogens is 326 g/mol. The maximum Gasteiger partial charge on any atom is 0.285 e. The Kier molecular flexibility index (Phi) is 5.56. The van der Waals surface area contributed by atoms with Gasteiger partial charge in [-0.3, -0.25) is 5.41 Å². The zero-order valence-corrected chi connectivity index (χ0v) is 15.5. The lowest BCUT2D eigenvalue weighted by atomic mass is 9.97. The van der Waals surface area contributed by atoms with Crippen LogP contribution in [-0.4, -0.2) is 29.3 Å². The van der Waals surface area contributed by atoms with E-state index in [-0.39, 0.29) is 12.1 Å². The van der Waals surface area contributed by atoms with Crippen LogP contribution in [0.5, 0.6) is 0 Å². The fourth-order valence-electron chi connectivity index (χ4n) is 3.02. The molecular formula is C21H25N3O2. The number of fused-ring (bicyclic) bond motifs is 3. The van der Waals surface area contributed by atoms with Gasteiger partial charge in [0.05, 0.1) is 5.71 Å². The van der Waals surface area contributed by atoms with Gasteiger partial charge in [0.1, 0.15) is 6.10 Å². The molecule has 5 nitrogen and oxygen atoms in total. The van der Waals surface area contributed by atoms with E-state index in [1.807, 2.05) is 37.8 Å². The Morgan fingerprint density at radius 3 is 2.12 bits per heavy atom. The maximum absolute atomic E-state index is 8.43. The van der Waals surface area contributed by atoms with Crippen LogP contribution in [0.4, 0.5) is 0 Å². The largest absolute Gasteiger partial charge is 0.459 e.